The minimum absolute atomic E-state index is 0.383. The maximum Gasteiger partial charge on any atom is 0.115 e. The van der Waals surface area contributed by atoms with E-state index in [0.29, 0.717) is 17.3 Å². The molecule has 0 aromatic heterocycles. The highest BCUT2D eigenvalue weighted by molar-refractivity contribution is 5.40. The van der Waals surface area contributed by atoms with Crippen LogP contribution in [0.15, 0.2) is 18.2 Å². The molecule has 3 nitrogen and oxygen atoms in total. The summed E-state index contributed by atoms with van der Waals surface area (Å²) in [6, 6.07) is 6.40. The average molecular weight is 274 g/mol. The van der Waals surface area contributed by atoms with Crippen molar-refractivity contribution in [2.24, 2.45) is 0 Å². The molecule has 3 heteroatoms. The normalized spacial score (nSPS) is 23.9. The van der Waals surface area contributed by atoms with Crippen molar-refractivity contribution in [3.05, 3.63) is 29.3 Å². The van der Waals surface area contributed by atoms with Crippen molar-refractivity contribution in [3.8, 4) is 5.75 Å². The Morgan fingerprint density at radius 3 is 2.60 bits per heavy atom. The van der Waals surface area contributed by atoms with E-state index in [4.69, 9.17) is 0 Å². The third-order valence-electron chi connectivity index (χ3n) is 5.48. The largest absolute Gasteiger partial charge is 0.508 e. The van der Waals surface area contributed by atoms with Gasteiger partial charge in [0.25, 0.3) is 0 Å². The maximum absolute atomic E-state index is 9.61. The van der Waals surface area contributed by atoms with Crippen molar-refractivity contribution >= 4 is 0 Å². The summed E-state index contributed by atoms with van der Waals surface area (Å²) >= 11 is 0. The molecule has 1 saturated carbocycles. The highest BCUT2D eigenvalue weighted by Gasteiger charge is 2.41. The molecular weight excluding hydrogens is 248 g/mol. The Balaban J connectivity index is 1.75. The van der Waals surface area contributed by atoms with E-state index < -0.39 is 0 Å². The number of rotatable bonds is 4. The molecule has 0 amide bonds. The molecule has 0 bridgehead atoms. The zero-order chi connectivity index (χ0) is 14.3. The number of fused-ring (bicyclic) bond motifs is 1. The number of hydrogen-bond donors (Lipinski definition) is 1. The number of nitrogens with zero attached hydrogens (tertiary/aromatic N) is 2. The van der Waals surface area contributed by atoms with Crippen LogP contribution >= 0.6 is 0 Å². The molecule has 1 aromatic carbocycles. The van der Waals surface area contributed by atoms with Gasteiger partial charge in [-0.1, -0.05) is 6.07 Å². The number of likely N-dealkylation sites (N-methyl/N-ethyl adjacent to an activating group) is 2. The second-order valence-corrected chi connectivity index (χ2v) is 6.83. The van der Waals surface area contributed by atoms with Gasteiger partial charge in [-0.3, -0.25) is 4.90 Å². The molecule has 1 aromatic rings. The molecule has 0 spiro atoms. The molecule has 0 saturated heterocycles. The van der Waals surface area contributed by atoms with Crippen molar-refractivity contribution in [2.45, 2.75) is 43.7 Å². The molecule has 1 unspecified atom stereocenters. The summed E-state index contributed by atoms with van der Waals surface area (Å²) < 4.78 is 0. The molecule has 0 radical (unpaired) electrons. The van der Waals surface area contributed by atoms with E-state index in [-0.39, 0.29) is 0 Å². The summed E-state index contributed by atoms with van der Waals surface area (Å²) in [4.78, 5) is 4.95. The van der Waals surface area contributed by atoms with E-state index in [1.54, 1.807) is 0 Å². The van der Waals surface area contributed by atoms with Crippen molar-refractivity contribution < 1.29 is 5.11 Å². The highest BCUT2D eigenvalue weighted by atomic mass is 16.3. The van der Waals surface area contributed by atoms with Gasteiger partial charge < -0.3 is 10.0 Å². The first-order chi connectivity index (χ1) is 9.52. The average Bonchev–Trinajstić information content (AvgIpc) is 2.75. The van der Waals surface area contributed by atoms with E-state index in [0.717, 1.165) is 13.0 Å². The molecule has 20 heavy (non-hydrogen) atoms. The van der Waals surface area contributed by atoms with Crippen molar-refractivity contribution in [1.29, 1.82) is 0 Å². The second-order valence-electron chi connectivity index (χ2n) is 6.83. The van der Waals surface area contributed by atoms with Gasteiger partial charge in [0, 0.05) is 18.1 Å². The molecule has 2 aliphatic carbocycles. The predicted molar refractivity (Wildman–Crippen MR) is 82.1 cm³/mol. The first-order valence-electron chi connectivity index (χ1n) is 7.71. The Bertz CT molecular complexity index is 494. The molecule has 1 atom stereocenters. The van der Waals surface area contributed by atoms with Crippen LogP contribution in [0.4, 0.5) is 0 Å². The molecule has 1 N–H and O–H groups in total. The number of aromatic hydroxyl groups is 1. The van der Waals surface area contributed by atoms with Gasteiger partial charge in [0.05, 0.1) is 0 Å². The van der Waals surface area contributed by atoms with Crippen LogP contribution in [0, 0.1) is 0 Å². The molecule has 1 fully saturated rings. The van der Waals surface area contributed by atoms with E-state index in [9.17, 15) is 5.11 Å². The van der Waals surface area contributed by atoms with Gasteiger partial charge in [0.15, 0.2) is 0 Å². The van der Waals surface area contributed by atoms with E-state index in [2.05, 4.69) is 37.0 Å². The lowest BCUT2D eigenvalue weighted by atomic mass is 9.75. The highest BCUT2D eigenvalue weighted by Crippen LogP contribution is 2.41. The quantitative estimate of drug-likeness (QED) is 0.914. The lowest BCUT2D eigenvalue weighted by Gasteiger charge is -2.50. The Hall–Kier alpha value is -1.06. The Labute approximate surface area is 122 Å². The first kappa shape index (κ1) is 13.9. The van der Waals surface area contributed by atoms with E-state index in [1.807, 2.05) is 12.1 Å². The van der Waals surface area contributed by atoms with Crippen LogP contribution in [-0.2, 0) is 6.42 Å². The van der Waals surface area contributed by atoms with Gasteiger partial charge in [-0.05, 0) is 76.5 Å². The molecule has 0 heterocycles. The fourth-order valence-corrected chi connectivity index (χ4v) is 3.95. The lowest BCUT2D eigenvalue weighted by molar-refractivity contribution is 0.0159. The van der Waals surface area contributed by atoms with Gasteiger partial charge >= 0.3 is 0 Å². The van der Waals surface area contributed by atoms with Crippen LogP contribution < -0.4 is 0 Å². The van der Waals surface area contributed by atoms with E-state index >= 15 is 0 Å². The predicted octanol–water partition coefficient (Wildman–Crippen LogP) is 2.80. The Morgan fingerprint density at radius 1 is 1.25 bits per heavy atom. The van der Waals surface area contributed by atoms with Gasteiger partial charge in [0.1, 0.15) is 5.75 Å². The van der Waals surface area contributed by atoms with Crippen LogP contribution in [-0.4, -0.2) is 48.1 Å². The topological polar surface area (TPSA) is 26.7 Å². The summed E-state index contributed by atoms with van der Waals surface area (Å²) in [5.41, 5.74) is 3.13. The van der Waals surface area contributed by atoms with Crippen molar-refractivity contribution in [2.75, 3.05) is 27.7 Å². The smallest absolute Gasteiger partial charge is 0.115 e. The molecule has 3 rings (SSSR count). The fourth-order valence-electron chi connectivity index (χ4n) is 3.95. The van der Waals surface area contributed by atoms with E-state index in [1.165, 1.54) is 36.8 Å². The summed E-state index contributed by atoms with van der Waals surface area (Å²) in [5.74, 6) is 0.399. The third kappa shape index (κ3) is 2.23. The van der Waals surface area contributed by atoms with Crippen LogP contribution in [0.5, 0.6) is 5.75 Å². The van der Waals surface area contributed by atoms with Crippen molar-refractivity contribution in [1.82, 2.24) is 9.80 Å². The second kappa shape index (κ2) is 5.05. The van der Waals surface area contributed by atoms with Crippen LogP contribution in [0.1, 0.15) is 42.9 Å². The number of aryl methyl sites for hydroxylation is 1. The summed E-state index contributed by atoms with van der Waals surface area (Å²) in [7, 11) is 6.69. The zero-order valence-electron chi connectivity index (χ0n) is 12.9. The fraction of sp³-hybridized carbons (Fsp3) is 0.647. The third-order valence-corrected chi connectivity index (χ3v) is 5.48. The van der Waals surface area contributed by atoms with Gasteiger partial charge in [-0.2, -0.15) is 0 Å². The minimum atomic E-state index is 0.383. The van der Waals surface area contributed by atoms with Crippen LogP contribution in [0.3, 0.4) is 0 Å². The van der Waals surface area contributed by atoms with Crippen molar-refractivity contribution in [3.63, 3.8) is 0 Å². The van der Waals surface area contributed by atoms with Gasteiger partial charge in [-0.25, -0.2) is 0 Å². The van der Waals surface area contributed by atoms with Crippen LogP contribution in [0.2, 0.25) is 0 Å². The van der Waals surface area contributed by atoms with Crippen LogP contribution in [0.25, 0.3) is 0 Å². The summed E-state index contributed by atoms with van der Waals surface area (Å²) in [5, 5.41) is 9.61. The maximum atomic E-state index is 9.61. The molecular formula is C17H26N2O. The zero-order valence-corrected chi connectivity index (χ0v) is 12.9. The number of hydrogen-bond acceptors (Lipinski definition) is 3. The van der Waals surface area contributed by atoms with Gasteiger partial charge in [-0.15, -0.1) is 0 Å². The molecule has 110 valence electrons. The molecule has 0 aliphatic heterocycles. The Morgan fingerprint density at radius 2 is 2.00 bits per heavy atom. The van der Waals surface area contributed by atoms with Gasteiger partial charge in [0.2, 0.25) is 0 Å². The number of phenolic OH excluding ortho intramolecular Hbond substituents is 1. The lowest BCUT2D eigenvalue weighted by Crippen LogP contribution is -2.56. The summed E-state index contributed by atoms with van der Waals surface area (Å²) in [6.45, 7) is 1.14. The first-order valence-corrected chi connectivity index (χ1v) is 7.71. The Kier molecular flexibility index (Phi) is 3.51. The minimum Gasteiger partial charge on any atom is -0.508 e. The summed E-state index contributed by atoms with van der Waals surface area (Å²) in [6.07, 6.45) is 6.27. The standard InChI is InChI=1S/C17H26N2O/c1-18(2)17(9-4-10-17)12-19(3)16-8-5-13-11-14(20)6-7-15(13)16/h6-7,11,16,20H,4-5,8-10,12H2,1-3H3. The number of phenols is 1. The molecule has 2 aliphatic rings. The number of benzene rings is 1. The SMILES string of the molecule is CN(CC1(N(C)C)CCC1)C1CCc2cc(O)ccc21. The monoisotopic (exact) mass is 274 g/mol.